The molecule has 4 aromatic carbocycles. The van der Waals surface area contributed by atoms with Crippen LogP contribution in [0.5, 0.6) is 0 Å². The van der Waals surface area contributed by atoms with Crippen molar-refractivity contribution in [3.8, 4) is 0 Å². The lowest BCUT2D eigenvalue weighted by atomic mass is 10.0. The summed E-state index contributed by atoms with van der Waals surface area (Å²) in [7, 11) is -4.61. The second-order valence-corrected chi connectivity index (χ2v) is 12.6. The monoisotopic (exact) mass is 637 g/mol. The summed E-state index contributed by atoms with van der Waals surface area (Å²) in [6.07, 6.45) is 7.35. The number of aromatic nitrogens is 1. The van der Waals surface area contributed by atoms with Crippen molar-refractivity contribution in [1.82, 2.24) is 0 Å². The first-order chi connectivity index (χ1) is 21.9. The fourth-order valence-corrected chi connectivity index (χ4v) is 6.97. The summed E-state index contributed by atoms with van der Waals surface area (Å²) in [5.74, 6) is 0. The molecule has 0 radical (unpaired) electrons. The number of para-hydroxylation sites is 2. The average molecular weight is 638 g/mol. The maximum atomic E-state index is 12.0. The lowest BCUT2D eigenvalue weighted by Crippen LogP contribution is -2.39. The van der Waals surface area contributed by atoms with Crippen molar-refractivity contribution in [2.75, 3.05) is 11.4 Å². The summed E-state index contributed by atoms with van der Waals surface area (Å²) in [4.78, 5) is 2.88. The van der Waals surface area contributed by atoms with Crippen molar-refractivity contribution >= 4 is 50.9 Å². The number of hydrogen-bond acceptors (Lipinski definition) is 8. The molecule has 0 unspecified atom stereocenters. The molecular formula is C35H29N2O6S2-. The van der Waals surface area contributed by atoms with Gasteiger partial charge < -0.3 is 14.7 Å². The second kappa shape index (κ2) is 13.8. The van der Waals surface area contributed by atoms with Crippen LogP contribution in [-0.2, 0) is 38.9 Å². The van der Waals surface area contributed by atoms with Crippen LogP contribution < -0.4 is 14.7 Å². The highest BCUT2D eigenvalue weighted by Gasteiger charge is 2.22. The Labute approximate surface area is 266 Å². The number of rotatable bonds is 11. The van der Waals surface area contributed by atoms with Gasteiger partial charge in [0.25, 0.3) is 0 Å². The van der Waals surface area contributed by atoms with E-state index in [1.54, 1.807) is 18.2 Å². The molecule has 0 N–H and O–H groups in total. The van der Waals surface area contributed by atoms with Crippen LogP contribution in [0.4, 0.5) is 5.69 Å². The van der Waals surface area contributed by atoms with Crippen LogP contribution in [0.2, 0.25) is 0 Å². The lowest BCUT2D eigenvalue weighted by Gasteiger charge is -2.30. The number of benzene rings is 4. The molecule has 2 heterocycles. The van der Waals surface area contributed by atoms with Gasteiger partial charge in [0.2, 0.25) is 11.2 Å². The van der Waals surface area contributed by atoms with E-state index in [1.807, 2.05) is 60.7 Å². The first kappa shape index (κ1) is 30.7. The molecule has 1 aliphatic heterocycles. The van der Waals surface area contributed by atoms with Gasteiger partial charge in [0, 0.05) is 52.8 Å². The van der Waals surface area contributed by atoms with Crippen LogP contribution in [-0.4, -0.2) is 19.5 Å². The van der Waals surface area contributed by atoms with Gasteiger partial charge in [-0.25, -0.2) is 8.42 Å². The third-order valence-electron chi connectivity index (χ3n) is 7.82. The van der Waals surface area contributed by atoms with Gasteiger partial charge in [-0.3, -0.25) is 5.04 Å². The van der Waals surface area contributed by atoms with Crippen molar-refractivity contribution in [2.24, 2.45) is 0 Å². The van der Waals surface area contributed by atoms with Crippen molar-refractivity contribution in [3.63, 3.8) is 0 Å². The Morgan fingerprint density at radius 1 is 0.800 bits per heavy atom. The maximum absolute atomic E-state index is 12.0. The van der Waals surface area contributed by atoms with E-state index in [0.29, 0.717) is 31.5 Å². The van der Waals surface area contributed by atoms with E-state index in [4.69, 9.17) is 0 Å². The number of hydrogen-bond donors (Lipinski definition) is 0. The SMILES string of the molecule is O=S(=O)([O-])c1ccccc1CC[n+]1c(C=C2C=Cc3ccccc3N2CCc2ccccc2SOO[O-])ccc2ccccc21. The maximum Gasteiger partial charge on any atom is 0.212 e. The zero-order chi connectivity index (χ0) is 31.2. The van der Waals surface area contributed by atoms with Gasteiger partial charge >= 0.3 is 0 Å². The molecule has 1 aliphatic rings. The molecule has 0 fully saturated rings. The van der Waals surface area contributed by atoms with E-state index in [1.165, 1.54) is 6.07 Å². The van der Waals surface area contributed by atoms with E-state index in [9.17, 15) is 18.2 Å². The van der Waals surface area contributed by atoms with Gasteiger partial charge in [-0.15, -0.1) is 0 Å². The first-order valence-corrected chi connectivity index (χ1v) is 16.5. The van der Waals surface area contributed by atoms with Crippen molar-refractivity contribution in [3.05, 3.63) is 143 Å². The molecule has 0 saturated carbocycles. The van der Waals surface area contributed by atoms with Crippen molar-refractivity contribution in [1.29, 1.82) is 0 Å². The summed E-state index contributed by atoms with van der Waals surface area (Å²) in [6, 6.07) is 34.5. The standard InChI is InChI=1S/C35H30N2O6S2/c38-42-43-44-34-15-7-3-11-28(34)21-23-36-30(19-17-26-9-1-5-13-32(26)36)25-31-20-18-27-10-2-6-14-33(27)37(31)24-22-29-12-4-8-16-35(29)45(39,40)41/h1-20,25H,21-24H2,(H-,38,39,40,41)/p-1. The normalized spacial score (nSPS) is 13.8. The number of pyridine rings is 1. The molecule has 6 rings (SSSR count). The molecule has 8 nitrogen and oxygen atoms in total. The molecule has 5 aromatic rings. The minimum atomic E-state index is -4.61. The van der Waals surface area contributed by atoms with E-state index in [0.717, 1.165) is 56.0 Å². The molecule has 0 spiro atoms. The third kappa shape index (κ3) is 7.02. The average Bonchev–Trinajstić information content (AvgIpc) is 3.06. The van der Waals surface area contributed by atoms with Crippen LogP contribution >= 0.6 is 12.0 Å². The van der Waals surface area contributed by atoms with Gasteiger partial charge in [-0.1, -0.05) is 72.8 Å². The molecular weight excluding hydrogens is 609 g/mol. The predicted molar refractivity (Wildman–Crippen MR) is 171 cm³/mol. The van der Waals surface area contributed by atoms with Gasteiger partial charge in [0.05, 0.1) is 16.9 Å². The van der Waals surface area contributed by atoms with Gasteiger partial charge in [-0.05, 0) is 59.5 Å². The van der Waals surface area contributed by atoms with E-state index >= 15 is 0 Å². The minimum Gasteiger partial charge on any atom is -0.744 e. The zero-order valence-corrected chi connectivity index (χ0v) is 25.7. The largest absolute Gasteiger partial charge is 0.744 e. The Bertz CT molecular complexity index is 2010. The van der Waals surface area contributed by atoms with Crippen molar-refractivity contribution < 1.29 is 32.2 Å². The van der Waals surface area contributed by atoms with Crippen LogP contribution in [0, 0.1) is 0 Å². The van der Waals surface area contributed by atoms with Crippen LogP contribution in [0.3, 0.4) is 0 Å². The highest BCUT2D eigenvalue weighted by molar-refractivity contribution is 7.94. The van der Waals surface area contributed by atoms with E-state index in [2.05, 4.69) is 61.3 Å². The molecule has 0 saturated heterocycles. The molecule has 45 heavy (non-hydrogen) atoms. The zero-order valence-electron chi connectivity index (χ0n) is 24.1. The highest BCUT2D eigenvalue weighted by Crippen LogP contribution is 2.33. The molecule has 1 aromatic heterocycles. The fraction of sp³-hybridized carbons (Fsp3) is 0.114. The smallest absolute Gasteiger partial charge is 0.212 e. The molecule has 228 valence electrons. The Morgan fingerprint density at radius 3 is 2.38 bits per heavy atom. The van der Waals surface area contributed by atoms with Gasteiger partial charge in [0.1, 0.15) is 10.1 Å². The number of allylic oxidation sites excluding steroid dienone is 1. The number of fused-ring (bicyclic) bond motifs is 2. The number of anilines is 1. The Hall–Kier alpha value is -4.29. The molecule has 0 bridgehead atoms. The fourth-order valence-electron chi connectivity index (χ4n) is 5.72. The third-order valence-corrected chi connectivity index (χ3v) is 9.46. The molecule has 0 atom stereocenters. The van der Waals surface area contributed by atoms with E-state index < -0.39 is 10.1 Å². The summed E-state index contributed by atoms with van der Waals surface area (Å²) < 4.78 is 42.7. The van der Waals surface area contributed by atoms with Gasteiger partial charge in [-0.2, -0.15) is 8.90 Å². The lowest BCUT2D eigenvalue weighted by molar-refractivity contribution is -0.777. The summed E-state index contributed by atoms with van der Waals surface area (Å²) in [5, 5.41) is 15.1. The number of aryl methyl sites for hydroxylation is 2. The summed E-state index contributed by atoms with van der Waals surface area (Å²) >= 11 is 0.889. The molecule has 0 aliphatic carbocycles. The summed E-state index contributed by atoms with van der Waals surface area (Å²) in [5.41, 5.74) is 6.56. The number of nitrogens with zero attached hydrogens (tertiary/aromatic N) is 2. The van der Waals surface area contributed by atoms with Gasteiger partial charge in [0.15, 0.2) is 6.54 Å². The predicted octanol–water partition coefficient (Wildman–Crippen LogP) is 5.62. The highest BCUT2D eigenvalue weighted by atomic mass is 32.2. The van der Waals surface area contributed by atoms with Crippen LogP contribution in [0.25, 0.3) is 23.1 Å². The Balaban J connectivity index is 1.38. The summed E-state index contributed by atoms with van der Waals surface area (Å²) in [6.45, 7) is 1.10. The Kier molecular flexibility index (Phi) is 9.41. The second-order valence-electron chi connectivity index (χ2n) is 10.5. The molecule has 10 heteroatoms. The van der Waals surface area contributed by atoms with Crippen molar-refractivity contribution in [2.45, 2.75) is 29.2 Å². The minimum absolute atomic E-state index is 0.186. The van der Waals surface area contributed by atoms with Crippen LogP contribution in [0.15, 0.2) is 131 Å². The topological polar surface area (TPSA) is 106 Å². The first-order valence-electron chi connectivity index (χ1n) is 14.4. The van der Waals surface area contributed by atoms with E-state index in [-0.39, 0.29) is 4.90 Å². The van der Waals surface area contributed by atoms with Crippen LogP contribution in [0.1, 0.15) is 22.4 Å². The molecule has 0 amide bonds. The quantitative estimate of drug-likeness (QED) is 0.0604. The Morgan fingerprint density at radius 2 is 1.53 bits per heavy atom.